The van der Waals surface area contributed by atoms with Crippen LogP contribution in [0.2, 0.25) is 5.02 Å². The first-order valence-corrected chi connectivity index (χ1v) is 14.7. The maximum Gasteiger partial charge on any atom is 0.284 e. The summed E-state index contributed by atoms with van der Waals surface area (Å²) in [4.78, 5) is 35.7. The van der Waals surface area contributed by atoms with Crippen molar-refractivity contribution in [1.82, 2.24) is 24.6 Å². The van der Waals surface area contributed by atoms with Gasteiger partial charge in [-0.3, -0.25) is 14.3 Å². The summed E-state index contributed by atoms with van der Waals surface area (Å²) >= 11 is 6.13. The zero-order chi connectivity index (χ0) is 30.8. The number of nitrogens with one attached hydrogen (secondary N) is 2. The molecule has 0 saturated carbocycles. The molecular formula is C33H32ClN7O3. The number of aromatic nitrogens is 4. The fraction of sp³-hybridized carbons (Fsp3) is 0.212. The van der Waals surface area contributed by atoms with Crippen LogP contribution in [0.15, 0.2) is 83.8 Å². The van der Waals surface area contributed by atoms with E-state index in [0.29, 0.717) is 46.1 Å². The third-order valence-corrected chi connectivity index (χ3v) is 8.03. The molecule has 1 saturated heterocycles. The summed E-state index contributed by atoms with van der Waals surface area (Å²) in [6, 6.07) is 22.1. The number of nitrogens with two attached hydrogens (primary N) is 1. The Hall–Kier alpha value is -4.93. The third kappa shape index (κ3) is 5.95. The predicted octanol–water partition coefficient (Wildman–Crippen LogP) is 5.23. The van der Waals surface area contributed by atoms with Gasteiger partial charge in [-0.15, -0.1) is 0 Å². The number of hydrogen-bond acceptors (Lipinski definition) is 7. The Bertz CT molecular complexity index is 1890. The predicted molar refractivity (Wildman–Crippen MR) is 173 cm³/mol. The molecule has 0 spiro atoms. The Balaban J connectivity index is 1.20. The van der Waals surface area contributed by atoms with E-state index >= 15 is 0 Å². The number of halogens is 1. The van der Waals surface area contributed by atoms with E-state index in [4.69, 9.17) is 27.1 Å². The maximum absolute atomic E-state index is 13.3. The van der Waals surface area contributed by atoms with Crippen molar-refractivity contribution in [3.63, 3.8) is 0 Å². The van der Waals surface area contributed by atoms with Gasteiger partial charge in [-0.05, 0) is 68.8 Å². The molecule has 6 rings (SSSR count). The largest absolute Gasteiger partial charge is 0.492 e. The number of ether oxygens (including phenoxy) is 1. The Morgan fingerprint density at radius 3 is 2.66 bits per heavy atom. The second kappa shape index (κ2) is 12.4. The van der Waals surface area contributed by atoms with Crippen molar-refractivity contribution in [3.05, 3.63) is 106 Å². The molecule has 1 atom stereocenters. The number of hydrogen-bond donors (Lipinski definition) is 3. The summed E-state index contributed by atoms with van der Waals surface area (Å²) in [5, 5.41) is 6.76. The third-order valence-electron chi connectivity index (χ3n) is 7.79. The van der Waals surface area contributed by atoms with Gasteiger partial charge in [0.25, 0.3) is 11.5 Å². The number of benzene rings is 3. The van der Waals surface area contributed by atoms with Gasteiger partial charge < -0.3 is 21.1 Å². The molecule has 0 bridgehead atoms. The lowest BCUT2D eigenvalue weighted by Gasteiger charge is -2.13. The second-order valence-electron chi connectivity index (χ2n) is 10.7. The maximum atomic E-state index is 13.3. The van der Waals surface area contributed by atoms with Crippen LogP contribution in [0.1, 0.15) is 28.9 Å². The fourth-order valence-electron chi connectivity index (χ4n) is 5.36. The van der Waals surface area contributed by atoms with Crippen LogP contribution in [-0.4, -0.2) is 44.4 Å². The van der Waals surface area contributed by atoms with E-state index in [1.54, 1.807) is 73.4 Å². The van der Waals surface area contributed by atoms with E-state index in [0.717, 1.165) is 29.8 Å². The van der Waals surface area contributed by atoms with Gasteiger partial charge in [0.15, 0.2) is 0 Å². The molecule has 1 aliphatic heterocycles. The zero-order valence-electron chi connectivity index (χ0n) is 24.4. The van der Waals surface area contributed by atoms with Crippen LogP contribution >= 0.6 is 11.6 Å². The number of carbonyl (C=O) groups excluding carboxylic acids is 1. The van der Waals surface area contributed by atoms with Gasteiger partial charge in [0.2, 0.25) is 0 Å². The van der Waals surface area contributed by atoms with Crippen molar-refractivity contribution < 1.29 is 9.53 Å². The van der Waals surface area contributed by atoms with Crippen LogP contribution in [0.25, 0.3) is 28.2 Å². The summed E-state index contributed by atoms with van der Waals surface area (Å²) in [5.41, 5.74) is 10.2. The highest BCUT2D eigenvalue weighted by Crippen LogP contribution is 2.29. The van der Waals surface area contributed by atoms with Crippen LogP contribution < -0.4 is 26.7 Å². The van der Waals surface area contributed by atoms with E-state index in [-0.39, 0.29) is 11.4 Å². The van der Waals surface area contributed by atoms with Crippen molar-refractivity contribution in [1.29, 1.82) is 0 Å². The van der Waals surface area contributed by atoms with Gasteiger partial charge >= 0.3 is 0 Å². The molecule has 10 nitrogen and oxygen atoms in total. The van der Waals surface area contributed by atoms with Crippen LogP contribution in [0, 0.1) is 6.92 Å². The molecule has 1 amide bonds. The number of rotatable bonds is 8. The molecule has 44 heavy (non-hydrogen) atoms. The molecule has 4 N–H and O–H groups in total. The smallest absolute Gasteiger partial charge is 0.284 e. The van der Waals surface area contributed by atoms with Crippen molar-refractivity contribution in [3.8, 4) is 34.0 Å². The van der Waals surface area contributed by atoms with Crippen molar-refractivity contribution in [2.75, 3.05) is 24.2 Å². The average molecular weight is 610 g/mol. The summed E-state index contributed by atoms with van der Waals surface area (Å²) in [5.74, 6) is 0.542. The molecule has 1 unspecified atom stereocenters. The molecule has 2 aromatic heterocycles. The summed E-state index contributed by atoms with van der Waals surface area (Å²) < 4.78 is 9.07. The molecule has 11 heteroatoms. The number of carbonyl (C=O) groups is 1. The second-order valence-corrected chi connectivity index (χ2v) is 11.2. The van der Waals surface area contributed by atoms with Crippen LogP contribution in [0.5, 0.6) is 5.75 Å². The number of amides is 1. The molecule has 3 aromatic carbocycles. The lowest BCUT2D eigenvalue weighted by molar-refractivity contribution is 0.102. The van der Waals surface area contributed by atoms with Gasteiger partial charge in [-0.25, -0.2) is 14.6 Å². The Labute approximate surface area is 259 Å². The van der Waals surface area contributed by atoms with E-state index in [1.807, 2.05) is 24.3 Å². The Morgan fingerprint density at radius 2 is 1.91 bits per heavy atom. The van der Waals surface area contributed by atoms with E-state index < -0.39 is 11.5 Å². The molecule has 1 aliphatic rings. The minimum absolute atomic E-state index is 0.0464. The van der Waals surface area contributed by atoms with E-state index in [2.05, 4.69) is 15.6 Å². The molecule has 0 aliphatic carbocycles. The highest BCUT2D eigenvalue weighted by Gasteiger charge is 2.23. The van der Waals surface area contributed by atoms with Gasteiger partial charge in [0, 0.05) is 34.9 Å². The van der Waals surface area contributed by atoms with Crippen molar-refractivity contribution in [2.45, 2.75) is 25.8 Å². The summed E-state index contributed by atoms with van der Waals surface area (Å²) in [6.45, 7) is 3.38. The van der Waals surface area contributed by atoms with Crippen LogP contribution in [0.3, 0.4) is 0 Å². The SMILES string of the molecule is Cc1c(C(=O)Nc2ccc(-c3nc(-c4cccc(OCC5CCCN5)c4)cnc3N)cc2)c(=O)n(-c2cccc(Cl)c2)n1C. The zero-order valence-corrected chi connectivity index (χ0v) is 25.1. The molecule has 1 fully saturated rings. The lowest BCUT2D eigenvalue weighted by Crippen LogP contribution is -2.28. The summed E-state index contributed by atoms with van der Waals surface area (Å²) in [6.07, 6.45) is 3.93. The summed E-state index contributed by atoms with van der Waals surface area (Å²) in [7, 11) is 1.72. The average Bonchev–Trinajstić information content (AvgIpc) is 3.62. The number of nitrogen functional groups attached to an aromatic ring is 1. The van der Waals surface area contributed by atoms with Crippen molar-refractivity contribution in [2.24, 2.45) is 7.05 Å². The molecular weight excluding hydrogens is 578 g/mol. The highest BCUT2D eigenvalue weighted by molar-refractivity contribution is 6.30. The van der Waals surface area contributed by atoms with Gasteiger partial charge in [0.05, 0.1) is 23.3 Å². The van der Waals surface area contributed by atoms with Crippen LogP contribution in [0.4, 0.5) is 11.5 Å². The fourth-order valence-corrected chi connectivity index (χ4v) is 5.55. The minimum Gasteiger partial charge on any atom is -0.492 e. The first-order chi connectivity index (χ1) is 21.3. The standard InChI is InChI=1S/C33H32ClN7O3/c1-20-29(33(43)41(40(20)2)26-9-4-7-23(34)17-26)32(42)38-24-13-11-21(12-14-24)30-31(35)37-18-28(39-30)22-6-3-10-27(16-22)44-19-25-8-5-15-36-25/h3-4,6-7,9-14,16-18,25,36H,5,8,15,19H2,1-2H3,(H2,35,37)(H,38,42). The minimum atomic E-state index is -0.510. The number of nitrogens with zero attached hydrogens (tertiary/aromatic N) is 4. The monoisotopic (exact) mass is 609 g/mol. The molecule has 0 radical (unpaired) electrons. The topological polar surface area (TPSA) is 129 Å². The van der Waals surface area contributed by atoms with Gasteiger partial charge in [0.1, 0.15) is 29.4 Å². The van der Waals surface area contributed by atoms with Gasteiger partial charge in [-0.2, -0.15) is 0 Å². The van der Waals surface area contributed by atoms with Gasteiger partial charge in [-0.1, -0.05) is 41.9 Å². The normalized spacial score (nSPS) is 14.5. The highest BCUT2D eigenvalue weighted by atomic mass is 35.5. The number of anilines is 2. The van der Waals surface area contributed by atoms with Crippen molar-refractivity contribution >= 4 is 29.0 Å². The molecule has 224 valence electrons. The van der Waals surface area contributed by atoms with Crippen LogP contribution in [-0.2, 0) is 7.05 Å². The first kappa shape index (κ1) is 29.2. The molecule has 5 aromatic rings. The molecule has 3 heterocycles. The quantitative estimate of drug-likeness (QED) is 0.220. The first-order valence-electron chi connectivity index (χ1n) is 14.3. The Morgan fingerprint density at radius 1 is 1.11 bits per heavy atom. The Kier molecular flexibility index (Phi) is 8.19. The van der Waals surface area contributed by atoms with E-state index in [1.165, 1.54) is 11.1 Å². The van der Waals surface area contributed by atoms with E-state index in [9.17, 15) is 9.59 Å². The lowest BCUT2D eigenvalue weighted by atomic mass is 10.1.